The first-order valence-electron chi connectivity index (χ1n) is 5.21. The lowest BCUT2D eigenvalue weighted by molar-refractivity contribution is -0.0455. The summed E-state index contributed by atoms with van der Waals surface area (Å²) in [5.41, 5.74) is 7.28. The van der Waals surface area contributed by atoms with Gasteiger partial charge in [0.2, 0.25) is 0 Å². The predicted molar refractivity (Wildman–Crippen MR) is 62.1 cm³/mol. The summed E-state index contributed by atoms with van der Waals surface area (Å²) in [5, 5.41) is 10.9. The maximum atomic E-state index is 10.1. The Morgan fingerprint density at radius 3 is 2.73 bits per heavy atom. The summed E-state index contributed by atoms with van der Waals surface area (Å²) in [7, 11) is 0. The van der Waals surface area contributed by atoms with E-state index < -0.39 is 5.60 Å². The molecular weight excluding hydrogens is 210 g/mol. The smallest absolute Gasteiger partial charge is 0.0717 e. The predicted octanol–water partition coefficient (Wildman–Crippen LogP) is 2.04. The van der Waals surface area contributed by atoms with Crippen LogP contribution in [0.4, 0.5) is 0 Å². The lowest BCUT2D eigenvalue weighted by Gasteiger charge is -2.42. The second kappa shape index (κ2) is 3.78. The number of aryl methyl sites for hydroxylation is 1. The van der Waals surface area contributed by atoms with E-state index in [0.717, 1.165) is 16.1 Å². The summed E-state index contributed by atoms with van der Waals surface area (Å²) >= 11 is 5.94. The van der Waals surface area contributed by atoms with Gasteiger partial charge in [-0.05, 0) is 37.0 Å². The zero-order valence-electron chi connectivity index (χ0n) is 8.83. The molecular formula is C12H16ClNO. The van der Waals surface area contributed by atoms with Gasteiger partial charge in [-0.2, -0.15) is 0 Å². The van der Waals surface area contributed by atoms with Crippen molar-refractivity contribution in [2.45, 2.75) is 37.8 Å². The van der Waals surface area contributed by atoms with E-state index in [9.17, 15) is 5.11 Å². The van der Waals surface area contributed by atoms with Gasteiger partial charge in [0.1, 0.15) is 0 Å². The molecule has 0 heterocycles. The summed E-state index contributed by atoms with van der Waals surface area (Å²) in [6.07, 6.45) is 2.09. The third-order valence-corrected chi connectivity index (χ3v) is 3.46. The minimum atomic E-state index is -0.584. The van der Waals surface area contributed by atoms with Gasteiger partial charge in [-0.25, -0.2) is 0 Å². The Labute approximate surface area is 95.1 Å². The summed E-state index contributed by atoms with van der Waals surface area (Å²) in [5.74, 6) is 0. The highest BCUT2D eigenvalue weighted by Gasteiger charge is 2.40. The molecule has 2 rings (SSSR count). The quantitative estimate of drug-likeness (QED) is 0.809. The van der Waals surface area contributed by atoms with Gasteiger partial charge in [-0.15, -0.1) is 0 Å². The van der Waals surface area contributed by atoms with Crippen LogP contribution in [-0.2, 0) is 6.42 Å². The molecule has 15 heavy (non-hydrogen) atoms. The van der Waals surface area contributed by atoms with Gasteiger partial charge >= 0.3 is 0 Å². The van der Waals surface area contributed by atoms with Crippen LogP contribution in [0.1, 0.15) is 24.0 Å². The lowest BCUT2D eigenvalue weighted by atomic mass is 9.72. The van der Waals surface area contributed by atoms with E-state index in [0.29, 0.717) is 19.3 Å². The van der Waals surface area contributed by atoms with Crippen molar-refractivity contribution in [2.24, 2.45) is 5.73 Å². The number of aliphatic hydroxyl groups is 1. The topological polar surface area (TPSA) is 46.2 Å². The number of halogens is 1. The average Bonchev–Trinajstić information content (AvgIpc) is 2.09. The molecule has 3 heteroatoms. The van der Waals surface area contributed by atoms with E-state index in [1.165, 1.54) is 0 Å². The molecule has 82 valence electrons. The van der Waals surface area contributed by atoms with Crippen molar-refractivity contribution in [1.82, 2.24) is 0 Å². The van der Waals surface area contributed by atoms with Crippen molar-refractivity contribution in [3.05, 3.63) is 34.3 Å². The largest absolute Gasteiger partial charge is 0.389 e. The summed E-state index contributed by atoms with van der Waals surface area (Å²) in [6.45, 7) is 1.97. The molecule has 3 N–H and O–H groups in total. The molecule has 1 aromatic rings. The standard InChI is InChI=1S/C12H16ClNO/c1-8-4-9(2-3-11(8)13)5-12(15)6-10(14)7-12/h2-4,10,15H,5-7,14H2,1H3. The highest BCUT2D eigenvalue weighted by Crippen LogP contribution is 2.34. The van der Waals surface area contributed by atoms with Crippen LogP contribution in [0.25, 0.3) is 0 Å². The zero-order valence-corrected chi connectivity index (χ0v) is 9.59. The molecule has 1 fully saturated rings. The number of rotatable bonds is 2. The number of hydrogen-bond acceptors (Lipinski definition) is 2. The Bertz CT molecular complexity index is 372. The van der Waals surface area contributed by atoms with Crippen molar-refractivity contribution in [3.8, 4) is 0 Å². The number of benzene rings is 1. The molecule has 0 aromatic heterocycles. The minimum absolute atomic E-state index is 0.170. The molecule has 1 aliphatic carbocycles. The van der Waals surface area contributed by atoms with E-state index in [-0.39, 0.29) is 6.04 Å². The maximum absolute atomic E-state index is 10.1. The number of hydrogen-bond donors (Lipinski definition) is 2. The highest BCUT2D eigenvalue weighted by atomic mass is 35.5. The van der Waals surface area contributed by atoms with Crippen LogP contribution in [-0.4, -0.2) is 16.7 Å². The maximum Gasteiger partial charge on any atom is 0.0717 e. The van der Waals surface area contributed by atoms with Gasteiger partial charge in [-0.3, -0.25) is 0 Å². The van der Waals surface area contributed by atoms with Crippen LogP contribution in [0.3, 0.4) is 0 Å². The monoisotopic (exact) mass is 225 g/mol. The van der Waals surface area contributed by atoms with Crippen LogP contribution in [0, 0.1) is 6.92 Å². The fourth-order valence-electron chi connectivity index (χ4n) is 2.26. The fraction of sp³-hybridized carbons (Fsp3) is 0.500. The van der Waals surface area contributed by atoms with Crippen LogP contribution in [0.15, 0.2) is 18.2 Å². The highest BCUT2D eigenvalue weighted by molar-refractivity contribution is 6.31. The first kappa shape index (κ1) is 10.9. The average molecular weight is 226 g/mol. The van der Waals surface area contributed by atoms with Crippen molar-refractivity contribution in [3.63, 3.8) is 0 Å². The first-order valence-corrected chi connectivity index (χ1v) is 5.59. The minimum Gasteiger partial charge on any atom is -0.389 e. The first-order chi connectivity index (χ1) is 6.98. The SMILES string of the molecule is Cc1cc(CC2(O)CC(N)C2)ccc1Cl. The molecule has 1 aliphatic rings. The van der Waals surface area contributed by atoms with Crippen LogP contribution in [0.5, 0.6) is 0 Å². The Kier molecular flexibility index (Phi) is 2.75. The molecule has 1 aromatic carbocycles. The Morgan fingerprint density at radius 2 is 2.20 bits per heavy atom. The fourth-order valence-corrected chi connectivity index (χ4v) is 2.37. The molecule has 1 saturated carbocycles. The van der Waals surface area contributed by atoms with E-state index >= 15 is 0 Å². The van der Waals surface area contributed by atoms with E-state index in [4.69, 9.17) is 17.3 Å². The molecule has 0 atom stereocenters. The van der Waals surface area contributed by atoms with Crippen LogP contribution in [0.2, 0.25) is 5.02 Å². The van der Waals surface area contributed by atoms with Gasteiger partial charge in [0.05, 0.1) is 5.60 Å². The summed E-state index contributed by atoms with van der Waals surface area (Å²) in [6, 6.07) is 6.05. The van der Waals surface area contributed by atoms with Crippen LogP contribution >= 0.6 is 11.6 Å². The Morgan fingerprint density at radius 1 is 1.53 bits per heavy atom. The van der Waals surface area contributed by atoms with Gasteiger partial charge in [-0.1, -0.05) is 23.7 Å². The molecule has 0 unspecified atom stereocenters. The Balaban J connectivity index is 2.08. The summed E-state index contributed by atoms with van der Waals surface area (Å²) < 4.78 is 0. The molecule has 0 radical (unpaired) electrons. The van der Waals surface area contributed by atoms with E-state index in [2.05, 4.69) is 0 Å². The second-order valence-corrected chi connectivity index (χ2v) is 5.06. The van der Waals surface area contributed by atoms with Crippen molar-refractivity contribution in [2.75, 3.05) is 0 Å². The van der Waals surface area contributed by atoms with Gasteiger partial charge < -0.3 is 10.8 Å². The normalized spacial score (nSPS) is 30.0. The van der Waals surface area contributed by atoms with E-state index in [1.54, 1.807) is 0 Å². The third kappa shape index (κ3) is 2.33. The van der Waals surface area contributed by atoms with Crippen molar-refractivity contribution >= 4 is 11.6 Å². The molecule has 0 amide bonds. The van der Waals surface area contributed by atoms with Crippen LogP contribution < -0.4 is 5.73 Å². The summed E-state index contributed by atoms with van der Waals surface area (Å²) in [4.78, 5) is 0. The number of nitrogens with two attached hydrogens (primary N) is 1. The van der Waals surface area contributed by atoms with Crippen molar-refractivity contribution < 1.29 is 5.11 Å². The van der Waals surface area contributed by atoms with Gasteiger partial charge in [0.25, 0.3) is 0 Å². The third-order valence-electron chi connectivity index (χ3n) is 3.04. The Hall–Kier alpha value is -0.570. The van der Waals surface area contributed by atoms with Crippen molar-refractivity contribution in [1.29, 1.82) is 0 Å². The second-order valence-electron chi connectivity index (χ2n) is 4.65. The van der Waals surface area contributed by atoms with E-state index in [1.807, 2.05) is 25.1 Å². The van der Waals surface area contributed by atoms with Gasteiger partial charge in [0.15, 0.2) is 0 Å². The lowest BCUT2D eigenvalue weighted by Crippen LogP contribution is -2.52. The molecule has 0 spiro atoms. The molecule has 0 bridgehead atoms. The molecule has 0 saturated heterocycles. The van der Waals surface area contributed by atoms with Gasteiger partial charge in [0, 0.05) is 17.5 Å². The zero-order chi connectivity index (χ0) is 11.1. The molecule has 0 aliphatic heterocycles. The molecule has 2 nitrogen and oxygen atoms in total.